The Balaban J connectivity index is 1.59. The van der Waals surface area contributed by atoms with Crippen LogP contribution in [0.5, 0.6) is 0 Å². The lowest BCUT2D eigenvalue weighted by molar-refractivity contribution is -0.184. The number of carbonyl (C=O) groups is 1. The van der Waals surface area contributed by atoms with Crippen molar-refractivity contribution in [1.29, 1.82) is 0 Å². The molecular weight excluding hydrogens is 472 g/mol. The third-order valence-corrected chi connectivity index (χ3v) is 6.93. The summed E-state index contributed by atoms with van der Waals surface area (Å²) in [7, 11) is 0. The number of esters is 1. The first-order valence-electron chi connectivity index (χ1n) is 13.1. The second kappa shape index (κ2) is 12.4. The van der Waals surface area contributed by atoms with Gasteiger partial charge in [0.25, 0.3) is 6.29 Å². The number of aliphatic hydroxyl groups is 1. The van der Waals surface area contributed by atoms with Crippen molar-refractivity contribution in [2.45, 2.75) is 32.0 Å². The van der Waals surface area contributed by atoms with Gasteiger partial charge >= 0.3 is 5.97 Å². The molecule has 1 unspecified atom stereocenters. The summed E-state index contributed by atoms with van der Waals surface area (Å²) in [6, 6.07) is 40.9. The van der Waals surface area contributed by atoms with Gasteiger partial charge in [-0.15, -0.1) is 0 Å². The largest absolute Gasteiger partial charge is 0.454 e. The van der Waals surface area contributed by atoms with E-state index in [9.17, 15) is 9.90 Å². The van der Waals surface area contributed by atoms with E-state index in [0.717, 1.165) is 22.3 Å². The van der Waals surface area contributed by atoms with Crippen molar-refractivity contribution in [1.82, 2.24) is 0 Å². The third-order valence-electron chi connectivity index (χ3n) is 6.93. The van der Waals surface area contributed by atoms with E-state index in [1.165, 1.54) is 0 Å². The first-order chi connectivity index (χ1) is 18.7. The smallest absolute Gasteiger partial charge is 0.381 e. The summed E-state index contributed by atoms with van der Waals surface area (Å²) in [5, 5.41) is 10.5. The van der Waals surface area contributed by atoms with E-state index in [1.54, 1.807) is 0 Å². The minimum Gasteiger partial charge on any atom is -0.454 e. The van der Waals surface area contributed by atoms with E-state index in [0.29, 0.717) is 37.2 Å². The van der Waals surface area contributed by atoms with Crippen LogP contribution in [0.4, 0.5) is 0 Å². The molecule has 4 aromatic carbocycles. The molecule has 0 saturated heterocycles. The minimum atomic E-state index is -1.64. The van der Waals surface area contributed by atoms with Crippen LogP contribution in [0.15, 0.2) is 133 Å². The van der Waals surface area contributed by atoms with Gasteiger partial charge in [-0.1, -0.05) is 121 Å². The van der Waals surface area contributed by atoms with Crippen LogP contribution >= 0.6 is 0 Å². The van der Waals surface area contributed by atoms with Crippen molar-refractivity contribution in [3.8, 4) is 0 Å². The highest BCUT2D eigenvalue weighted by Gasteiger charge is 2.38. The predicted molar refractivity (Wildman–Crippen MR) is 148 cm³/mol. The number of ether oxygens (including phenoxy) is 2. The van der Waals surface area contributed by atoms with Crippen LogP contribution in [0.1, 0.15) is 22.3 Å². The number of hydrogen-bond donors (Lipinski definition) is 1. The number of hydrogen-bond acceptors (Lipinski definition) is 4. The Kier molecular flexibility index (Phi) is 8.32. The Hall–Kier alpha value is -4.15. The Labute approximate surface area is 224 Å². The molecule has 1 aliphatic rings. The van der Waals surface area contributed by atoms with E-state index >= 15 is 0 Å². The zero-order valence-electron chi connectivity index (χ0n) is 21.3. The molecule has 192 valence electrons. The molecule has 0 bridgehead atoms. The average Bonchev–Trinajstić information content (AvgIpc) is 2.96. The van der Waals surface area contributed by atoms with Crippen molar-refractivity contribution >= 4 is 5.97 Å². The van der Waals surface area contributed by atoms with Crippen LogP contribution in [0.3, 0.4) is 0 Å². The van der Waals surface area contributed by atoms with Crippen molar-refractivity contribution in [2.75, 3.05) is 0 Å². The van der Waals surface area contributed by atoms with Crippen molar-refractivity contribution in [3.05, 3.63) is 155 Å². The van der Waals surface area contributed by atoms with E-state index in [4.69, 9.17) is 9.47 Å². The van der Waals surface area contributed by atoms with Gasteiger partial charge < -0.3 is 14.6 Å². The van der Waals surface area contributed by atoms with E-state index in [1.807, 2.05) is 72.8 Å². The molecule has 0 saturated carbocycles. The Bertz CT molecular complexity index is 1250. The Morgan fingerprint density at radius 3 is 1.18 bits per heavy atom. The number of cyclic esters (lactones) is 1. The fourth-order valence-corrected chi connectivity index (χ4v) is 5.13. The van der Waals surface area contributed by atoms with Crippen molar-refractivity contribution in [2.24, 2.45) is 11.8 Å². The van der Waals surface area contributed by atoms with Gasteiger partial charge in [0.1, 0.15) is 11.5 Å². The van der Waals surface area contributed by atoms with Gasteiger partial charge in [-0.3, -0.25) is 0 Å². The Morgan fingerprint density at radius 2 is 0.842 bits per heavy atom. The van der Waals surface area contributed by atoms with E-state index < -0.39 is 12.3 Å². The molecule has 0 aromatic heterocycles. The molecule has 1 atom stereocenters. The summed E-state index contributed by atoms with van der Waals surface area (Å²) >= 11 is 0. The molecule has 0 spiro atoms. The number of benzene rings is 4. The molecular formula is C34H32O4. The molecule has 0 amide bonds. The molecule has 5 rings (SSSR count). The lowest BCUT2D eigenvalue weighted by Gasteiger charge is -2.33. The molecule has 0 radical (unpaired) electrons. The maximum absolute atomic E-state index is 12.7. The summed E-state index contributed by atoms with van der Waals surface area (Å²) in [6.07, 6.45) is 1.07. The van der Waals surface area contributed by atoms with Crippen LogP contribution in [0, 0.1) is 11.8 Å². The summed E-state index contributed by atoms with van der Waals surface area (Å²) in [5.41, 5.74) is 4.59. The number of carbonyl (C=O) groups excluding carboxylic acids is 1. The lowest BCUT2D eigenvalue weighted by Crippen LogP contribution is -2.36. The predicted octanol–water partition coefficient (Wildman–Crippen LogP) is 6.29. The molecule has 0 fully saturated rings. The standard InChI is InChI=1S/C34H32O4/c35-33-34(36)38-32(30(23-27-17-9-3-10-18-27)24-28-19-11-4-12-20-28)31(37-33)29(21-25-13-5-1-6-14-25)22-26-15-7-2-8-16-26/h1-20,29-30,33,35H,21-24H2. The fraction of sp³-hybridized carbons (Fsp3) is 0.206. The summed E-state index contributed by atoms with van der Waals surface area (Å²) in [6.45, 7) is 0. The summed E-state index contributed by atoms with van der Waals surface area (Å²) in [4.78, 5) is 12.7. The normalized spacial score (nSPS) is 15.4. The maximum Gasteiger partial charge on any atom is 0.381 e. The van der Waals surface area contributed by atoms with Gasteiger partial charge in [0.05, 0.1) is 0 Å². The van der Waals surface area contributed by atoms with Gasteiger partial charge in [-0.05, 0) is 47.9 Å². The summed E-state index contributed by atoms with van der Waals surface area (Å²) in [5.74, 6) is 0.0199. The van der Waals surface area contributed by atoms with Gasteiger partial charge in [-0.2, -0.15) is 0 Å². The number of aliphatic hydroxyl groups excluding tert-OH is 1. The first-order valence-corrected chi connectivity index (χ1v) is 13.1. The second-order valence-electron chi connectivity index (χ2n) is 9.77. The highest BCUT2D eigenvalue weighted by Crippen LogP contribution is 2.36. The van der Waals surface area contributed by atoms with Crippen LogP contribution in [-0.2, 0) is 40.0 Å². The fourth-order valence-electron chi connectivity index (χ4n) is 5.13. The third kappa shape index (κ3) is 6.58. The molecule has 0 aliphatic carbocycles. The average molecular weight is 505 g/mol. The van der Waals surface area contributed by atoms with Crippen LogP contribution in [0.25, 0.3) is 0 Å². The van der Waals surface area contributed by atoms with Crippen LogP contribution in [-0.4, -0.2) is 17.4 Å². The molecule has 1 heterocycles. The van der Waals surface area contributed by atoms with Crippen molar-refractivity contribution < 1.29 is 19.4 Å². The molecule has 1 N–H and O–H groups in total. The molecule has 1 aliphatic heterocycles. The first kappa shape index (κ1) is 25.5. The maximum atomic E-state index is 12.7. The second-order valence-corrected chi connectivity index (χ2v) is 9.77. The monoisotopic (exact) mass is 504 g/mol. The minimum absolute atomic E-state index is 0.133. The zero-order valence-corrected chi connectivity index (χ0v) is 21.3. The van der Waals surface area contributed by atoms with E-state index in [-0.39, 0.29) is 11.8 Å². The molecule has 4 heteroatoms. The number of rotatable bonds is 10. The van der Waals surface area contributed by atoms with Crippen LogP contribution in [0.2, 0.25) is 0 Å². The highest BCUT2D eigenvalue weighted by atomic mass is 16.7. The highest BCUT2D eigenvalue weighted by molar-refractivity contribution is 5.75. The van der Waals surface area contributed by atoms with Gasteiger partial charge in [0.15, 0.2) is 0 Å². The van der Waals surface area contributed by atoms with Gasteiger partial charge in [0, 0.05) is 11.8 Å². The Morgan fingerprint density at radius 1 is 0.526 bits per heavy atom. The van der Waals surface area contributed by atoms with Gasteiger partial charge in [0.2, 0.25) is 0 Å². The van der Waals surface area contributed by atoms with Gasteiger partial charge in [-0.25, -0.2) is 4.79 Å². The zero-order chi connectivity index (χ0) is 26.2. The molecule has 4 aromatic rings. The number of allylic oxidation sites excluding steroid dienone is 2. The molecule has 38 heavy (non-hydrogen) atoms. The van der Waals surface area contributed by atoms with Crippen molar-refractivity contribution in [3.63, 3.8) is 0 Å². The quantitative estimate of drug-likeness (QED) is 0.258. The summed E-state index contributed by atoms with van der Waals surface area (Å²) < 4.78 is 12.0. The SMILES string of the molecule is O=C1OC(C(Cc2ccccc2)Cc2ccccc2)=C(C(Cc2ccccc2)Cc2ccccc2)OC1O. The van der Waals surface area contributed by atoms with Crippen LogP contribution < -0.4 is 0 Å². The van der Waals surface area contributed by atoms with E-state index in [2.05, 4.69) is 48.5 Å². The molecule has 4 nitrogen and oxygen atoms in total. The topological polar surface area (TPSA) is 55.8 Å². The lowest BCUT2D eigenvalue weighted by atomic mass is 9.85.